The van der Waals surface area contributed by atoms with Crippen LogP contribution in [0.5, 0.6) is 5.75 Å². The first-order valence-corrected chi connectivity index (χ1v) is 13.7. The maximum atomic E-state index is 12.1. The van der Waals surface area contributed by atoms with Crippen molar-refractivity contribution < 1.29 is 23.8 Å². The van der Waals surface area contributed by atoms with E-state index in [2.05, 4.69) is 50.2 Å². The highest BCUT2D eigenvalue weighted by atomic mass is 16.5. The van der Waals surface area contributed by atoms with E-state index in [-0.39, 0.29) is 11.9 Å². The Morgan fingerprint density at radius 2 is 1.07 bits per heavy atom. The highest BCUT2D eigenvalue weighted by Crippen LogP contribution is 2.43. The molecule has 4 rings (SSSR count). The first-order chi connectivity index (χ1) is 19.4. The first kappa shape index (κ1) is 28.6. The van der Waals surface area contributed by atoms with Gasteiger partial charge in [-0.15, -0.1) is 0 Å². The van der Waals surface area contributed by atoms with Crippen molar-refractivity contribution in [2.45, 2.75) is 39.5 Å². The molecule has 0 saturated heterocycles. The van der Waals surface area contributed by atoms with Crippen molar-refractivity contribution in [3.63, 3.8) is 0 Å². The number of carbonyl (C=O) groups is 2. The van der Waals surface area contributed by atoms with Crippen LogP contribution in [0.1, 0.15) is 58.9 Å². The zero-order valence-corrected chi connectivity index (χ0v) is 23.7. The predicted molar refractivity (Wildman–Crippen MR) is 160 cm³/mol. The van der Waals surface area contributed by atoms with E-state index in [0.29, 0.717) is 17.7 Å². The zero-order chi connectivity index (χ0) is 28.5. The summed E-state index contributed by atoms with van der Waals surface area (Å²) in [7, 11) is 2.76. The molecule has 4 aromatic carbocycles. The summed E-state index contributed by atoms with van der Waals surface area (Å²) < 4.78 is 16.3. The van der Waals surface area contributed by atoms with Gasteiger partial charge in [-0.05, 0) is 72.0 Å². The van der Waals surface area contributed by atoms with Crippen LogP contribution in [0.15, 0.2) is 84.9 Å². The number of hydrogen-bond acceptors (Lipinski definition) is 5. The highest BCUT2D eigenvalue weighted by molar-refractivity contribution is 5.93. The van der Waals surface area contributed by atoms with E-state index in [4.69, 9.17) is 14.2 Å². The molecule has 0 radical (unpaired) electrons. The summed E-state index contributed by atoms with van der Waals surface area (Å²) in [4.78, 5) is 24.2. The van der Waals surface area contributed by atoms with Gasteiger partial charge in [0.05, 0.1) is 32.0 Å². The van der Waals surface area contributed by atoms with Gasteiger partial charge >= 0.3 is 11.9 Å². The van der Waals surface area contributed by atoms with Gasteiger partial charge in [0.2, 0.25) is 0 Å². The third kappa shape index (κ3) is 6.78. The Morgan fingerprint density at radius 1 is 0.600 bits per heavy atom. The zero-order valence-electron chi connectivity index (χ0n) is 23.7. The molecule has 0 aliphatic rings. The molecular formula is C35H36O5. The largest absolute Gasteiger partial charge is 0.492 e. The molecule has 0 atom stereocenters. The molecule has 0 saturated carbocycles. The summed E-state index contributed by atoms with van der Waals surface area (Å²) >= 11 is 0. The summed E-state index contributed by atoms with van der Waals surface area (Å²) in [6.45, 7) is 4.85. The van der Waals surface area contributed by atoms with Gasteiger partial charge in [0.25, 0.3) is 0 Å². The molecule has 0 fully saturated rings. The molecule has 4 aromatic rings. The van der Waals surface area contributed by atoms with Gasteiger partial charge in [-0.3, -0.25) is 0 Å². The first-order valence-electron chi connectivity index (χ1n) is 13.7. The average molecular weight is 537 g/mol. The van der Waals surface area contributed by atoms with Gasteiger partial charge in [0.1, 0.15) is 5.75 Å². The SMILES string of the molecule is CCCCCCOc1c(-c2ccc(C(=O)OC)cc2)cc(-c2ccc(C)cc2)cc1-c1ccc(C(=O)OC)cc1. The number of esters is 2. The molecule has 206 valence electrons. The van der Waals surface area contributed by atoms with E-state index in [1.807, 2.05) is 24.3 Å². The molecule has 5 heteroatoms. The normalized spacial score (nSPS) is 10.7. The third-order valence-electron chi connectivity index (χ3n) is 6.95. The third-order valence-corrected chi connectivity index (χ3v) is 6.95. The molecular weight excluding hydrogens is 500 g/mol. The monoisotopic (exact) mass is 536 g/mol. The minimum Gasteiger partial charge on any atom is -0.492 e. The number of rotatable bonds is 11. The van der Waals surface area contributed by atoms with E-state index in [1.165, 1.54) is 26.2 Å². The van der Waals surface area contributed by atoms with Gasteiger partial charge in [-0.2, -0.15) is 0 Å². The second kappa shape index (κ2) is 13.6. The van der Waals surface area contributed by atoms with Crippen molar-refractivity contribution in [1.29, 1.82) is 0 Å². The highest BCUT2D eigenvalue weighted by Gasteiger charge is 2.18. The van der Waals surface area contributed by atoms with Crippen LogP contribution in [-0.4, -0.2) is 32.8 Å². The molecule has 5 nitrogen and oxygen atoms in total. The van der Waals surface area contributed by atoms with Gasteiger partial charge in [-0.25, -0.2) is 9.59 Å². The standard InChI is InChI=1S/C35H36O5/c1-5-6-7-8-21-40-33-31(26-13-17-28(18-14-26)34(36)38-3)22-30(25-11-9-24(2)10-12-25)23-32(33)27-15-19-29(20-16-27)35(37)39-4/h9-20,22-23H,5-8,21H2,1-4H3. The predicted octanol–water partition coefficient (Wildman–Crippen LogP) is 8.53. The summed E-state index contributed by atoms with van der Waals surface area (Å²) in [5, 5.41) is 0. The van der Waals surface area contributed by atoms with Crippen LogP contribution in [0.2, 0.25) is 0 Å². The summed E-state index contributed by atoms with van der Waals surface area (Å²) in [6, 6.07) is 27.5. The van der Waals surface area contributed by atoms with Crippen molar-refractivity contribution in [3.8, 4) is 39.1 Å². The van der Waals surface area contributed by atoms with Gasteiger partial charge in [-0.1, -0.05) is 80.3 Å². The molecule has 0 spiro atoms. The van der Waals surface area contributed by atoms with Crippen molar-refractivity contribution in [3.05, 3.63) is 102 Å². The van der Waals surface area contributed by atoms with Crippen LogP contribution >= 0.6 is 0 Å². The minimum atomic E-state index is -0.376. The van der Waals surface area contributed by atoms with E-state index in [1.54, 1.807) is 24.3 Å². The lowest BCUT2D eigenvalue weighted by Crippen LogP contribution is -2.03. The number of aryl methyl sites for hydroxylation is 1. The van der Waals surface area contributed by atoms with E-state index in [9.17, 15) is 9.59 Å². The van der Waals surface area contributed by atoms with Crippen molar-refractivity contribution in [2.24, 2.45) is 0 Å². The summed E-state index contributed by atoms with van der Waals surface area (Å²) in [5.41, 5.74) is 8.00. The number of benzene rings is 4. The molecule has 0 heterocycles. The Balaban J connectivity index is 1.89. The number of hydrogen-bond donors (Lipinski definition) is 0. The van der Waals surface area contributed by atoms with Crippen molar-refractivity contribution >= 4 is 11.9 Å². The van der Waals surface area contributed by atoms with Crippen LogP contribution in [0, 0.1) is 6.92 Å². The number of methoxy groups -OCH3 is 2. The van der Waals surface area contributed by atoms with Crippen LogP contribution < -0.4 is 4.74 Å². The van der Waals surface area contributed by atoms with Gasteiger partial charge in [0, 0.05) is 11.1 Å². The quantitative estimate of drug-likeness (QED) is 0.142. The maximum Gasteiger partial charge on any atom is 0.337 e. The summed E-state index contributed by atoms with van der Waals surface area (Å²) in [6.07, 6.45) is 4.37. The van der Waals surface area contributed by atoms with Crippen molar-refractivity contribution in [2.75, 3.05) is 20.8 Å². The Kier molecular flexibility index (Phi) is 9.74. The second-order valence-electron chi connectivity index (χ2n) is 9.81. The van der Waals surface area contributed by atoms with Crippen LogP contribution in [0.4, 0.5) is 0 Å². The van der Waals surface area contributed by atoms with E-state index < -0.39 is 0 Å². The molecule has 0 N–H and O–H groups in total. The number of carbonyl (C=O) groups excluding carboxylic acids is 2. The molecule has 0 aliphatic heterocycles. The van der Waals surface area contributed by atoms with Gasteiger partial charge in [0.15, 0.2) is 0 Å². The Hall–Kier alpha value is -4.38. The molecule has 0 amide bonds. The Labute approximate surface area is 236 Å². The lowest BCUT2D eigenvalue weighted by Gasteiger charge is -2.19. The second-order valence-corrected chi connectivity index (χ2v) is 9.81. The van der Waals surface area contributed by atoms with Crippen molar-refractivity contribution in [1.82, 2.24) is 0 Å². The Morgan fingerprint density at radius 3 is 1.52 bits per heavy atom. The fourth-order valence-corrected chi connectivity index (χ4v) is 4.64. The van der Waals surface area contributed by atoms with Crippen LogP contribution in [0.25, 0.3) is 33.4 Å². The van der Waals surface area contributed by atoms with Crippen LogP contribution in [-0.2, 0) is 9.47 Å². The van der Waals surface area contributed by atoms with E-state index in [0.717, 1.165) is 58.4 Å². The molecule has 40 heavy (non-hydrogen) atoms. The molecule has 0 bridgehead atoms. The van der Waals surface area contributed by atoms with Crippen LogP contribution in [0.3, 0.4) is 0 Å². The fourth-order valence-electron chi connectivity index (χ4n) is 4.64. The fraction of sp³-hybridized carbons (Fsp3) is 0.257. The topological polar surface area (TPSA) is 61.8 Å². The lowest BCUT2D eigenvalue weighted by atomic mass is 9.91. The van der Waals surface area contributed by atoms with Gasteiger partial charge < -0.3 is 14.2 Å². The molecule has 0 aliphatic carbocycles. The molecule has 0 unspecified atom stereocenters. The average Bonchev–Trinajstić information content (AvgIpc) is 3.00. The number of ether oxygens (including phenoxy) is 3. The lowest BCUT2D eigenvalue weighted by molar-refractivity contribution is 0.0592. The molecule has 0 aromatic heterocycles. The smallest absolute Gasteiger partial charge is 0.337 e. The minimum absolute atomic E-state index is 0.376. The maximum absolute atomic E-state index is 12.1. The summed E-state index contributed by atoms with van der Waals surface area (Å²) in [5.74, 6) is 0.0153. The number of unbranched alkanes of at least 4 members (excludes halogenated alkanes) is 3. The Bertz CT molecular complexity index is 1350. The van der Waals surface area contributed by atoms with E-state index >= 15 is 0 Å².